The Bertz CT molecular complexity index is 389. The summed E-state index contributed by atoms with van der Waals surface area (Å²) in [5, 5.41) is 8.61. The fourth-order valence-corrected chi connectivity index (χ4v) is 1.74. The Morgan fingerprint density at radius 1 is 1.17 bits per heavy atom. The predicted molar refractivity (Wildman–Crippen MR) is 69.3 cm³/mol. The van der Waals surface area contributed by atoms with Crippen LogP contribution in [0.2, 0.25) is 0 Å². The van der Waals surface area contributed by atoms with Gasteiger partial charge in [0.05, 0.1) is 6.42 Å². The summed E-state index contributed by atoms with van der Waals surface area (Å²) in [7, 11) is 0. The number of carboxylic acids is 1. The number of rotatable bonds is 7. The summed E-state index contributed by atoms with van der Waals surface area (Å²) in [6.07, 6.45) is 1.13. The number of hydrogen-bond acceptors (Lipinski definition) is 2. The number of aliphatic carboxylic acids is 1. The zero-order valence-electron chi connectivity index (χ0n) is 10.6. The second kappa shape index (κ2) is 7.48. The summed E-state index contributed by atoms with van der Waals surface area (Å²) in [6, 6.07) is 9.81. The summed E-state index contributed by atoms with van der Waals surface area (Å²) in [5.74, 6) is -0.855. The maximum absolute atomic E-state index is 11.9. The molecule has 0 bridgehead atoms. The van der Waals surface area contributed by atoms with Crippen LogP contribution in [0.4, 0.5) is 0 Å². The van der Waals surface area contributed by atoms with E-state index in [1.54, 1.807) is 4.90 Å². The van der Waals surface area contributed by atoms with Gasteiger partial charge in [-0.15, -0.1) is 0 Å². The smallest absolute Gasteiger partial charge is 0.305 e. The van der Waals surface area contributed by atoms with E-state index in [1.807, 2.05) is 37.3 Å². The number of amides is 1. The molecule has 18 heavy (non-hydrogen) atoms. The standard InChI is InChI=1S/C14H19NO3/c1-2-15(11-10-14(17)18)13(16)9-8-12-6-4-3-5-7-12/h3-7H,2,8-11H2,1H3,(H,17,18). The molecule has 4 nitrogen and oxygen atoms in total. The lowest BCUT2D eigenvalue weighted by Gasteiger charge is -2.19. The largest absolute Gasteiger partial charge is 0.481 e. The molecule has 1 aromatic rings. The number of nitrogens with zero attached hydrogens (tertiary/aromatic N) is 1. The molecule has 0 unspecified atom stereocenters. The molecule has 1 N–H and O–H groups in total. The van der Waals surface area contributed by atoms with E-state index in [-0.39, 0.29) is 12.3 Å². The maximum Gasteiger partial charge on any atom is 0.305 e. The first-order valence-corrected chi connectivity index (χ1v) is 6.17. The highest BCUT2D eigenvalue weighted by Crippen LogP contribution is 2.05. The second-order valence-electron chi connectivity index (χ2n) is 4.10. The fraction of sp³-hybridized carbons (Fsp3) is 0.429. The number of carbonyl (C=O) groups excluding carboxylic acids is 1. The third-order valence-corrected chi connectivity index (χ3v) is 2.80. The van der Waals surface area contributed by atoms with Crippen LogP contribution < -0.4 is 0 Å². The van der Waals surface area contributed by atoms with Crippen molar-refractivity contribution in [2.45, 2.75) is 26.2 Å². The number of benzene rings is 1. The molecule has 0 fully saturated rings. The maximum atomic E-state index is 11.9. The van der Waals surface area contributed by atoms with Crippen LogP contribution in [0.5, 0.6) is 0 Å². The summed E-state index contributed by atoms with van der Waals surface area (Å²) < 4.78 is 0. The number of aryl methyl sites for hydroxylation is 1. The van der Waals surface area contributed by atoms with Gasteiger partial charge in [-0.1, -0.05) is 30.3 Å². The molecule has 0 spiro atoms. The minimum atomic E-state index is -0.871. The van der Waals surface area contributed by atoms with Crippen molar-refractivity contribution in [1.29, 1.82) is 0 Å². The van der Waals surface area contributed by atoms with Crippen molar-refractivity contribution in [1.82, 2.24) is 4.90 Å². The molecule has 98 valence electrons. The van der Waals surface area contributed by atoms with Crippen LogP contribution in [-0.4, -0.2) is 35.0 Å². The molecule has 4 heteroatoms. The van der Waals surface area contributed by atoms with Crippen LogP contribution in [0, 0.1) is 0 Å². The average Bonchev–Trinajstić information content (AvgIpc) is 2.38. The quantitative estimate of drug-likeness (QED) is 0.803. The average molecular weight is 249 g/mol. The first-order chi connectivity index (χ1) is 8.63. The first-order valence-electron chi connectivity index (χ1n) is 6.17. The van der Waals surface area contributed by atoms with E-state index in [4.69, 9.17) is 5.11 Å². The van der Waals surface area contributed by atoms with Gasteiger partial charge >= 0.3 is 5.97 Å². The molecule has 1 aromatic carbocycles. The van der Waals surface area contributed by atoms with Gasteiger partial charge < -0.3 is 10.0 Å². The Morgan fingerprint density at radius 2 is 1.83 bits per heavy atom. The van der Waals surface area contributed by atoms with Gasteiger partial charge in [0.15, 0.2) is 0 Å². The van der Waals surface area contributed by atoms with E-state index in [9.17, 15) is 9.59 Å². The van der Waals surface area contributed by atoms with Gasteiger partial charge in [0.25, 0.3) is 0 Å². The summed E-state index contributed by atoms with van der Waals surface area (Å²) in [5.41, 5.74) is 1.13. The lowest BCUT2D eigenvalue weighted by atomic mass is 10.1. The highest BCUT2D eigenvalue weighted by molar-refractivity contribution is 5.77. The highest BCUT2D eigenvalue weighted by Gasteiger charge is 2.12. The van der Waals surface area contributed by atoms with E-state index >= 15 is 0 Å². The first kappa shape index (κ1) is 14.2. The van der Waals surface area contributed by atoms with E-state index in [1.165, 1.54) is 0 Å². The Kier molecular flexibility index (Phi) is 5.91. The normalized spacial score (nSPS) is 10.1. The molecule has 0 aliphatic rings. The fourth-order valence-electron chi connectivity index (χ4n) is 1.74. The van der Waals surface area contributed by atoms with Gasteiger partial charge in [0.1, 0.15) is 0 Å². The Labute approximate surface area is 107 Å². The molecule has 0 heterocycles. The van der Waals surface area contributed by atoms with E-state index in [0.717, 1.165) is 5.56 Å². The van der Waals surface area contributed by atoms with Gasteiger partial charge in [-0.3, -0.25) is 9.59 Å². The molecule has 0 aromatic heterocycles. The Morgan fingerprint density at radius 3 is 2.39 bits per heavy atom. The molecule has 0 atom stereocenters. The lowest BCUT2D eigenvalue weighted by Crippen LogP contribution is -2.32. The molecular formula is C14H19NO3. The summed E-state index contributed by atoms with van der Waals surface area (Å²) in [6.45, 7) is 2.71. The predicted octanol–water partition coefficient (Wildman–Crippen LogP) is 1.94. The van der Waals surface area contributed by atoms with Crippen LogP contribution >= 0.6 is 0 Å². The molecule has 0 aliphatic carbocycles. The second-order valence-corrected chi connectivity index (χ2v) is 4.10. The number of carbonyl (C=O) groups is 2. The van der Waals surface area contributed by atoms with E-state index in [0.29, 0.717) is 25.9 Å². The third kappa shape index (κ3) is 4.99. The van der Waals surface area contributed by atoms with Crippen LogP contribution in [0.3, 0.4) is 0 Å². The SMILES string of the molecule is CCN(CCC(=O)O)C(=O)CCc1ccccc1. The molecule has 1 amide bonds. The number of hydrogen-bond donors (Lipinski definition) is 1. The zero-order valence-corrected chi connectivity index (χ0v) is 10.6. The Balaban J connectivity index is 2.40. The van der Waals surface area contributed by atoms with Crippen molar-refractivity contribution in [2.24, 2.45) is 0 Å². The zero-order chi connectivity index (χ0) is 13.4. The molecule has 1 rings (SSSR count). The molecular weight excluding hydrogens is 230 g/mol. The third-order valence-electron chi connectivity index (χ3n) is 2.80. The van der Waals surface area contributed by atoms with Gasteiger partial charge in [0.2, 0.25) is 5.91 Å². The summed E-state index contributed by atoms with van der Waals surface area (Å²) >= 11 is 0. The van der Waals surface area contributed by atoms with Crippen molar-refractivity contribution < 1.29 is 14.7 Å². The molecule has 0 saturated heterocycles. The Hall–Kier alpha value is -1.84. The van der Waals surface area contributed by atoms with Gasteiger partial charge in [-0.2, -0.15) is 0 Å². The summed E-state index contributed by atoms with van der Waals surface area (Å²) in [4.78, 5) is 24.0. The molecule has 0 aliphatic heterocycles. The van der Waals surface area contributed by atoms with Crippen LogP contribution in [0.1, 0.15) is 25.3 Å². The topological polar surface area (TPSA) is 57.6 Å². The van der Waals surface area contributed by atoms with Crippen molar-refractivity contribution in [2.75, 3.05) is 13.1 Å². The van der Waals surface area contributed by atoms with Gasteiger partial charge in [0, 0.05) is 19.5 Å². The number of carboxylic acid groups (broad SMARTS) is 1. The minimum Gasteiger partial charge on any atom is -0.481 e. The van der Waals surface area contributed by atoms with E-state index in [2.05, 4.69) is 0 Å². The van der Waals surface area contributed by atoms with Crippen LogP contribution in [0.15, 0.2) is 30.3 Å². The van der Waals surface area contributed by atoms with Crippen LogP contribution in [-0.2, 0) is 16.0 Å². The molecule has 0 radical (unpaired) electrons. The van der Waals surface area contributed by atoms with Crippen molar-refractivity contribution in [3.05, 3.63) is 35.9 Å². The van der Waals surface area contributed by atoms with Crippen LogP contribution in [0.25, 0.3) is 0 Å². The van der Waals surface area contributed by atoms with Crippen molar-refractivity contribution in [3.8, 4) is 0 Å². The minimum absolute atomic E-state index is 0.00488. The van der Waals surface area contributed by atoms with E-state index < -0.39 is 5.97 Å². The monoisotopic (exact) mass is 249 g/mol. The lowest BCUT2D eigenvalue weighted by molar-refractivity contribution is -0.138. The van der Waals surface area contributed by atoms with Gasteiger partial charge in [-0.05, 0) is 18.9 Å². The van der Waals surface area contributed by atoms with Gasteiger partial charge in [-0.25, -0.2) is 0 Å². The van der Waals surface area contributed by atoms with Crippen molar-refractivity contribution in [3.63, 3.8) is 0 Å². The van der Waals surface area contributed by atoms with Crippen molar-refractivity contribution >= 4 is 11.9 Å². The highest BCUT2D eigenvalue weighted by atomic mass is 16.4. The molecule has 0 saturated carbocycles.